The molecule has 1 aromatic carbocycles. The molecule has 0 heterocycles. The second-order valence-electron chi connectivity index (χ2n) is 5.84. The third-order valence-electron chi connectivity index (χ3n) is 3.42. The predicted octanol–water partition coefficient (Wildman–Crippen LogP) is 3.43. The fourth-order valence-electron chi connectivity index (χ4n) is 2.43. The van der Waals surface area contributed by atoms with E-state index in [0.29, 0.717) is 6.61 Å². The van der Waals surface area contributed by atoms with E-state index in [4.69, 9.17) is 4.52 Å². The highest BCUT2D eigenvalue weighted by molar-refractivity contribution is 7.65. The number of hydrogen-bond acceptors (Lipinski definition) is 2. The molecule has 114 valence electrons. The standard InChI is InChI=1S/C15H28NO2PSi/c1-7-16(8-2)19(17,18-9-3)14-12-10-11-13-15(14)20(4,5)6/h10-13H,7-9H2,1-6H3. The van der Waals surface area contributed by atoms with Gasteiger partial charge in [-0.2, -0.15) is 0 Å². The molecule has 0 bridgehead atoms. The van der Waals surface area contributed by atoms with Crippen LogP contribution in [0.25, 0.3) is 0 Å². The lowest BCUT2D eigenvalue weighted by Crippen LogP contribution is -2.48. The van der Waals surface area contributed by atoms with Gasteiger partial charge in [-0.25, -0.2) is 4.67 Å². The lowest BCUT2D eigenvalue weighted by atomic mass is 10.4. The van der Waals surface area contributed by atoms with Crippen LogP contribution in [0.5, 0.6) is 0 Å². The lowest BCUT2D eigenvalue weighted by molar-refractivity contribution is 0.287. The summed E-state index contributed by atoms with van der Waals surface area (Å²) >= 11 is 0. The maximum atomic E-state index is 13.6. The second kappa shape index (κ2) is 7.03. The highest BCUT2D eigenvalue weighted by Gasteiger charge is 2.36. The molecular weight excluding hydrogens is 285 g/mol. The maximum absolute atomic E-state index is 13.6. The summed E-state index contributed by atoms with van der Waals surface area (Å²) in [6.45, 7) is 14.8. The minimum Gasteiger partial charge on any atom is -0.314 e. The third kappa shape index (κ3) is 3.61. The quantitative estimate of drug-likeness (QED) is 0.570. The van der Waals surface area contributed by atoms with Crippen LogP contribution in [0.3, 0.4) is 0 Å². The Bertz CT molecular complexity index is 481. The number of hydrogen-bond donors (Lipinski definition) is 0. The highest BCUT2D eigenvalue weighted by Crippen LogP contribution is 2.49. The van der Waals surface area contributed by atoms with E-state index >= 15 is 0 Å². The van der Waals surface area contributed by atoms with E-state index in [1.807, 2.05) is 43.6 Å². The van der Waals surface area contributed by atoms with E-state index in [1.54, 1.807) is 0 Å². The number of rotatable bonds is 7. The average molecular weight is 313 g/mol. The van der Waals surface area contributed by atoms with Crippen molar-refractivity contribution in [1.29, 1.82) is 0 Å². The summed E-state index contributed by atoms with van der Waals surface area (Å²) in [5.41, 5.74) is 0. The molecule has 0 aliphatic heterocycles. The Kier molecular flexibility index (Phi) is 6.20. The van der Waals surface area contributed by atoms with E-state index in [2.05, 4.69) is 25.7 Å². The van der Waals surface area contributed by atoms with Crippen LogP contribution in [0.2, 0.25) is 19.6 Å². The summed E-state index contributed by atoms with van der Waals surface area (Å²) in [5, 5.41) is 2.15. The minimum absolute atomic E-state index is 0.466. The molecule has 0 fully saturated rings. The van der Waals surface area contributed by atoms with Gasteiger partial charge in [0, 0.05) is 13.1 Å². The van der Waals surface area contributed by atoms with Crippen LogP contribution < -0.4 is 10.5 Å². The van der Waals surface area contributed by atoms with Crippen LogP contribution in [0.15, 0.2) is 24.3 Å². The largest absolute Gasteiger partial charge is 0.314 e. The molecule has 1 atom stereocenters. The first kappa shape index (κ1) is 17.6. The summed E-state index contributed by atoms with van der Waals surface area (Å²) in [6.07, 6.45) is 0. The van der Waals surface area contributed by atoms with Gasteiger partial charge in [-0.15, -0.1) is 0 Å². The predicted molar refractivity (Wildman–Crippen MR) is 91.2 cm³/mol. The van der Waals surface area contributed by atoms with Crippen molar-refractivity contribution in [3.05, 3.63) is 24.3 Å². The molecule has 0 saturated heterocycles. The van der Waals surface area contributed by atoms with E-state index in [1.165, 1.54) is 5.19 Å². The van der Waals surface area contributed by atoms with Crippen molar-refractivity contribution in [2.24, 2.45) is 0 Å². The van der Waals surface area contributed by atoms with Crippen molar-refractivity contribution >= 4 is 26.1 Å². The van der Waals surface area contributed by atoms with Crippen LogP contribution in [-0.4, -0.2) is 32.4 Å². The Morgan fingerprint density at radius 1 is 1.10 bits per heavy atom. The maximum Gasteiger partial charge on any atom is 0.302 e. The number of benzene rings is 1. The molecule has 0 spiro atoms. The molecule has 0 N–H and O–H groups in total. The van der Waals surface area contributed by atoms with Crippen LogP contribution in [0.1, 0.15) is 20.8 Å². The highest BCUT2D eigenvalue weighted by atomic mass is 31.2. The van der Waals surface area contributed by atoms with E-state index in [0.717, 1.165) is 18.4 Å². The molecule has 0 saturated carbocycles. The molecular formula is C15H28NO2PSi. The summed E-state index contributed by atoms with van der Waals surface area (Å²) in [4.78, 5) is 0. The van der Waals surface area contributed by atoms with Crippen LogP contribution in [-0.2, 0) is 9.09 Å². The minimum atomic E-state index is -2.95. The normalized spacial score (nSPS) is 15.3. The molecule has 0 aliphatic carbocycles. The Morgan fingerprint density at radius 2 is 1.65 bits per heavy atom. The Hall–Kier alpha value is -0.413. The van der Waals surface area contributed by atoms with Gasteiger partial charge in [-0.1, -0.05) is 51.7 Å². The van der Waals surface area contributed by atoms with E-state index in [9.17, 15) is 4.57 Å². The van der Waals surface area contributed by atoms with Gasteiger partial charge in [-0.3, -0.25) is 4.57 Å². The Labute approximate surface area is 124 Å². The second-order valence-corrected chi connectivity index (χ2v) is 13.2. The first-order valence-corrected chi connectivity index (χ1v) is 12.5. The molecule has 20 heavy (non-hydrogen) atoms. The van der Waals surface area contributed by atoms with E-state index in [-0.39, 0.29) is 0 Å². The first-order valence-electron chi connectivity index (χ1n) is 7.41. The molecule has 0 aromatic heterocycles. The topological polar surface area (TPSA) is 29.5 Å². The molecule has 0 radical (unpaired) electrons. The van der Waals surface area contributed by atoms with Crippen molar-refractivity contribution in [1.82, 2.24) is 4.67 Å². The monoisotopic (exact) mass is 313 g/mol. The Morgan fingerprint density at radius 3 is 2.10 bits per heavy atom. The number of nitrogens with zero attached hydrogens (tertiary/aromatic N) is 1. The first-order chi connectivity index (χ1) is 9.31. The summed E-state index contributed by atoms with van der Waals surface area (Å²) in [5.74, 6) is 0. The third-order valence-corrected chi connectivity index (χ3v) is 8.60. The van der Waals surface area contributed by atoms with Crippen molar-refractivity contribution in [2.75, 3.05) is 19.7 Å². The fraction of sp³-hybridized carbons (Fsp3) is 0.600. The van der Waals surface area contributed by atoms with Crippen LogP contribution >= 0.6 is 7.52 Å². The van der Waals surface area contributed by atoms with Gasteiger partial charge in [0.05, 0.1) is 20.0 Å². The van der Waals surface area contributed by atoms with Gasteiger partial charge in [0.2, 0.25) is 0 Å². The molecule has 3 nitrogen and oxygen atoms in total. The van der Waals surface area contributed by atoms with Crippen LogP contribution in [0, 0.1) is 0 Å². The molecule has 1 unspecified atom stereocenters. The zero-order chi connectivity index (χ0) is 15.4. The summed E-state index contributed by atoms with van der Waals surface area (Å²) in [6, 6.07) is 8.11. The molecule has 1 aromatic rings. The van der Waals surface area contributed by atoms with Crippen molar-refractivity contribution in [3.8, 4) is 0 Å². The van der Waals surface area contributed by atoms with Crippen molar-refractivity contribution < 1.29 is 9.09 Å². The molecule has 0 aliphatic rings. The zero-order valence-corrected chi connectivity index (χ0v) is 15.5. The van der Waals surface area contributed by atoms with Crippen LogP contribution in [0.4, 0.5) is 0 Å². The molecule has 0 amide bonds. The summed E-state index contributed by atoms with van der Waals surface area (Å²) < 4.78 is 21.3. The van der Waals surface area contributed by atoms with Gasteiger partial charge < -0.3 is 4.52 Å². The van der Waals surface area contributed by atoms with Crippen molar-refractivity contribution in [2.45, 2.75) is 40.4 Å². The molecule has 5 heteroatoms. The fourth-order valence-corrected chi connectivity index (χ4v) is 7.66. The van der Waals surface area contributed by atoms with Crippen molar-refractivity contribution in [3.63, 3.8) is 0 Å². The van der Waals surface area contributed by atoms with Gasteiger partial charge in [0.15, 0.2) is 0 Å². The van der Waals surface area contributed by atoms with Gasteiger partial charge >= 0.3 is 7.52 Å². The van der Waals surface area contributed by atoms with Gasteiger partial charge in [0.25, 0.3) is 0 Å². The summed E-state index contributed by atoms with van der Waals surface area (Å²) in [7, 11) is -4.51. The Balaban J connectivity index is 3.47. The average Bonchev–Trinajstić information content (AvgIpc) is 2.39. The van der Waals surface area contributed by atoms with Gasteiger partial charge in [0.1, 0.15) is 0 Å². The van der Waals surface area contributed by atoms with Gasteiger partial charge in [-0.05, 0) is 18.2 Å². The smallest absolute Gasteiger partial charge is 0.302 e. The molecule has 1 rings (SSSR count). The lowest BCUT2D eigenvalue weighted by Gasteiger charge is -2.32. The van der Waals surface area contributed by atoms with E-state index < -0.39 is 15.6 Å². The SMILES string of the molecule is CCOP(=O)(c1ccccc1[Si](C)(C)C)N(CC)CC. The zero-order valence-electron chi connectivity index (χ0n) is 13.6.